The Morgan fingerprint density at radius 1 is 1.17 bits per heavy atom. The minimum atomic E-state index is -2.73. The maximum absolute atomic E-state index is 14.1. The Labute approximate surface area is 245 Å². The van der Waals surface area contributed by atoms with E-state index in [0.29, 0.717) is 11.3 Å². The molecule has 3 aliphatic carbocycles. The summed E-state index contributed by atoms with van der Waals surface area (Å²) in [6, 6.07) is 4.11. The SMILES string of the molecule is CN(C)c1cc(NC(=O)Cc2cccs2)c(O)c2c1CC1CC3[C@H](N(C)C)C(O)=C(C(N)=O)C(=O)[C@@]3(O)C(O)=C1C2=O. The number of likely N-dealkylation sites (N-methyl/N-ethyl adjacent to an activating group) is 1. The van der Waals surface area contributed by atoms with Gasteiger partial charge in [-0.05, 0) is 55.9 Å². The van der Waals surface area contributed by atoms with Crippen molar-refractivity contribution in [3.05, 3.63) is 62.2 Å². The number of thiophene rings is 1. The van der Waals surface area contributed by atoms with E-state index in [1.54, 1.807) is 45.2 Å². The van der Waals surface area contributed by atoms with Gasteiger partial charge in [0.2, 0.25) is 11.7 Å². The molecule has 0 fully saturated rings. The Hall–Kier alpha value is -4.20. The number of hydrogen-bond donors (Lipinski definition) is 6. The van der Waals surface area contributed by atoms with Gasteiger partial charge in [-0.1, -0.05) is 6.07 Å². The molecule has 2 aromatic rings. The molecule has 7 N–H and O–H groups in total. The number of nitrogens with two attached hydrogens (primary N) is 1. The zero-order valence-corrected chi connectivity index (χ0v) is 24.3. The minimum Gasteiger partial charge on any atom is -0.510 e. The largest absolute Gasteiger partial charge is 0.510 e. The van der Waals surface area contributed by atoms with Crippen molar-refractivity contribution in [2.45, 2.75) is 30.9 Å². The van der Waals surface area contributed by atoms with E-state index in [-0.39, 0.29) is 36.1 Å². The molecule has 2 amide bonds. The summed E-state index contributed by atoms with van der Waals surface area (Å²) in [5.74, 6) is -7.72. The van der Waals surface area contributed by atoms with Crippen molar-refractivity contribution in [1.82, 2.24) is 4.90 Å². The summed E-state index contributed by atoms with van der Waals surface area (Å²) in [5, 5.41) is 49.9. The van der Waals surface area contributed by atoms with Crippen LogP contribution in [0, 0.1) is 11.8 Å². The highest BCUT2D eigenvalue weighted by molar-refractivity contribution is 7.10. The number of nitrogens with zero attached hydrogens (tertiary/aromatic N) is 2. The van der Waals surface area contributed by atoms with E-state index in [1.807, 2.05) is 11.4 Å². The highest BCUT2D eigenvalue weighted by atomic mass is 32.1. The number of Topliss-reactive ketones (excluding diaryl/α,β-unsaturated/α-hetero) is 2. The van der Waals surface area contributed by atoms with Gasteiger partial charge in [0.1, 0.15) is 17.1 Å². The quantitative estimate of drug-likeness (QED) is 0.210. The number of allylic oxidation sites excluding steroid dienone is 1. The summed E-state index contributed by atoms with van der Waals surface area (Å²) in [5.41, 5.74) is 2.35. The molecule has 2 unspecified atom stereocenters. The lowest BCUT2D eigenvalue weighted by molar-refractivity contribution is -0.148. The highest BCUT2D eigenvalue weighted by Gasteiger charge is 2.63. The fourth-order valence-electron chi connectivity index (χ4n) is 6.56. The number of carbonyl (C=O) groups excluding carboxylic acids is 4. The number of benzene rings is 1. The molecule has 0 bridgehead atoms. The molecule has 222 valence electrons. The van der Waals surface area contributed by atoms with Gasteiger partial charge in [-0.25, -0.2) is 0 Å². The van der Waals surface area contributed by atoms with Crippen molar-refractivity contribution in [3.8, 4) is 5.75 Å². The molecule has 3 aliphatic rings. The number of rotatable bonds is 6. The zero-order chi connectivity index (χ0) is 30.8. The van der Waals surface area contributed by atoms with Crippen LogP contribution in [0.4, 0.5) is 11.4 Å². The number of nitrogens with one attached hydrogen (secondary N) is 1. The first kappa shape index (κ1) is 29.3. The van der Waals surface area contributed by atoms with Crippen LogP contribution in [0.15, 0.2) is 46.2 Å². The van der Waals surface area contributed by atoms with Crippen molar-refractivity contribution in [3.63, 3.8) is 0 Å². The van der Waals surface area contributed by atoms with Crippen LogP contribution in [-0.4, -0.2) is 88.5 Å². The Balaban J connectivity index is 1.65. The molecule has 0 radical (unpaired) electrons. The Morgan fingerprint density at radius 3 is 2.43 bits per heavy atom. The Bertz CT molecular complexity index is 1590. The standard InChI is InChI=1S/C29H32N4O8S/c1-32(2)17-11-16(31-18(34)10-13-6-5-7-42-13)23(35)20-14(17)8-12-9-15-22(33(3)4)25(37)21(28(30)40)27(39)29(15,41)26(38)19(12)24(20)36/h5-7,11-12,15,22,35,37-38,41H,8-10H2,1-4H3,(H2,30,40)(H,31,34)/t12?,15?,22-,29-/m0/s1. The first-order chi connectivity index (χ1) is 19.7. The molecule has 0 spiro atoms. The zero-order valence-electron chi connectivity index (χ0n) is 23.5. The lowest BCUT2D eigenvalue weighted by atomic mass is 9.58. The average Bonchev–Trinajstić information content (AvgIpc) is 3.40. The molecule has 42 heavy (non-hydrogen) atoms. The summed E-state index contributed by atoms with van der Waals surface area (Å²) in [4.78, 5) is 56.5. The van der Waals surface area contributed by atoms with Gasteiger partial charge in [0.05, 0.1) is 23.7 Å². The van der Waals surface area contributed by atoms with Crippen molar-refractivity contribution < 1.29 is 39.6 Å². The summed E-state index contributed by atoms with van der Waals surface area (Å²) in [6.07, 6.45) is 0.178. The summed E-state index contributed by atoms with van der Waals surface area (Å²) >= 11 is 1.40. The van der Waals surface area contributed by atoms with Crippen LogP contribution >= 0.6 is 11.3 Å². The van der Waals surface area contributed by atoms with E-state index in [2.05, 4.69) is 5.32 Å². The smallest absolute Gasteiger partial charge is 0.255 e. The number of aliphatic hydroxyl groups is 3. The normalized spacial score (nSPS) is 25.2. The molecule has 1 aromatic carbocycles. The summed E-state index contributed by atoms with van der Waals surface area (Å²) in [6.45, 7) is 0. The number of fused-ring (bicyclic) bond motifs is 3. The number of primary amides is 1. The predicted octanol–water partition coefficient (Wildman–Crippen LogP) is 1.43. The van der Waals surface area contributed by atoms with Gasteiger partial charge in [0.25, 0.3) is 5.91 Å². The predicted molar refractivity (Wildman–Crippen MR) is 155 cm³/mol. The van der Waals surface area contributed by atoms with Crippen LogP contribution < -0.4 is 16.0 Å². The number of anilines is 2. The van der Waals surface area contributed by atoms with E-state index in [4.69, 9.17) is 5.73 Å². The third kappa shape index (κ3) is 4.27. The van der Waals surface area contributed by atoms with E-state index < -0.39 is 69.7 Å². The molecule has 1 aromatic heterocycles. The van der Waals surface area contributed by atoms with Crippen LogP contribution in [0.2, 0.25) is 0 Å². The fraction of sp³-hybridized carbons (Fsp3) is 0.379. The number of ketones is 2. The van der Waals surface area contributed by atoms with E-state index in [0.717, 1.165) is 4.88 Å². The second-order valence-corrected chi connectivity index (χ2v) is 12.3. The van der Waals surface area contributed by atoms with Crippen molar-refractivity contribution in [1.29, 1.82) is 0 Å². The summed E-state index contributed by atoms with van der Waals surface area (Å²) in [7, 11) is 6.63. The van der Waals surface area contributed by atoms with Gasteiger partial charge in [-0.2, -0.15) is 0 Å². The van der Waals surface area contributed by atoms with Crippen LogP contribution in [0.25, 0.3) is 0 Å². The number of phenols is 1. The first-order valence-electron chi connectivity index (χ1n) is 13.2. The number of aliphatic hydroxyl groups excluding tert-OH is 2. The third-order valence-corrected chi connectivity index (χ3v) is 9.25. The minimum absolute atomic E-state index is 0.0106. The maximum Gasteiger partial charge on any atom is 0.255 e. The fourth-order valence-corrected chi connectivity index (χ4v) is 7.26. The van der Waals surface area contributed by atoms with Gasteiger partial charge in [-0.15, -0.1) is 11.3 Å². The Morgan fingerprint density at radius 2 is 1.86 bits per heavy atom. The molecule has 0 saturated heterocycles. The molecule has 5 rings (SSSR count). The molecule has 1 heterocycles. The molecule has 13 heteroatoms. The van der Waals surface area contributed by atoms with Gasteiger partial charge < -0.3 is 36.4 Å². The molecule has 12 nitrogen and oxygen atoms in total. The number of hydrogen-bond acceptors (Lipinski definition) is 11. The highest BCUT2D eigenvalue weighted by Crippen LogP contribution is 2.53. The lowest BCUT2D eigenvalue weighted by Crippen LogP contribution is -2.63. The van der Waals surface area contributed by atoms with Crippen molar-refractivity contribution >= 4 is 46.1 Å². The Kier molecular flexibility index (Phi) is 7.16. The summed E-state index contributed by atoms with van der Waals surface area (Å²) < 4.78 is 0. The number of aromatic hydroxyl groups is 1. The first-order valence-corrected chi connectivity index (χ1v) is 14.1. The van der Waals surface area contributed by atoms with E-state index >= 15 is 0 Å². The molecule has 0 aliphatic heterocycles. The van der Waals surface area contributed by atoms with Crippen molar-refractivity contribution in [2.75, 3.05) is 38.4 Å². The van der Waals surface area contributed by atoms with Gasteiger partial charge in [0.15, 0.2) is 17.1 Å². The molecule has 0 saturated carbocycles. The van der Waals surface area contributed by atoms with Gasteiger partial charge in [-0.3, -0.25) is 24.1 Å². The van der Waals surface area contributed by atoms with Gasteiger partial charge in [0, 0.05) is 36.2 Å². The topological polar surface area (TPSA) is 194 Å². The maximum atomic E-state index is 14.1. The molecular formula is C29H32N4O8S. The molecular weight excluding hydrogens is 564 g/mol. The average molecular weight is 597 g/mol. The second kappa shape index (κ2) is 10.3. The van der Waals surface area contributed by atoms with E-state index in [1.165, 1.54) is 16.2 Å². The number of carbonyl (C=O) groups is 4. The lowest BCUT2D eigenvalue weighted by Gasteiger charge is -2.50. The van der Waals surface area contributed by atoms with Crippen LogP contribution in [0.3, 0.4) is 0 Å². The number of amides is 2. The van der Waals surface area contributed by atoms with Gasteiger partial charge >= 0.3 is 0 Å². The van der Waals surface area contributed by atoms with E-state index in [9.17, 15) is 39.6 Å². The second-order valence-electron chi connectivity index (χ2n) is 11.3. The van der Waals surface area contributed by atoms with Crippen LogP contribution in [0.5, 0.6) is 5.75 Å². The molecule has 4 atom stereocenters. The monoisotopic (exact) mass is 596 g/mol. The van der Waals surface area contributed by atoms with Crippen LogP contribution in [0.1, 0.15) is 27.2 Å². The third-order valence-electron chi connectivity index (χ3n) is 8.37. The van der Waals surface area contributed by atoms with Crippen LogP contribution in [-0.2, 0) is 27.2 Å². The van der Waals surface area contributed by atoms with Crippen molar-refractivity contribution in [2.24, 2.45) is 17.6 Å². The number of phenolic OH excluding ortho intramolecular Hbond substituents is 1.